The molecular weight excluding hydrogens is 240 g/mol. The van der Waals surface area contributed by atoms with Gasteiger partial charge in [0.1, 0.15) is 0 Å². The van der Waals surface area contributed by atoms with Gasteiger partial charge in [-0.1, -0.05) is 0 Å². The summed E-state index contributed by atoms with van der Waals surface area (Å²) in [6, 6.07) is 1.94. The van der Waals surface area contributed by atoms with E-state index in [-0.39, 0.29) is 0 Å². The van der Waals surface area contributed by atoms with Crippen LogP contribution in [0.2, 0.25) is 0 Å². The summed E-state index contributed by atoms with van der Waals surface area (Å²) in [5.74, 6) is 0. The first-order valence-corrected chi connectivity index (χ1v) is 7.22. The molecule has 0 amide bonds. The standard InChI is InChI=1S/C10H18N4O2S/c1-11-9-6-10(8-12-7-9)13-4-3-5-14-17(2,15)16/h6-8,11,13-14H,3-5H2,1-2H3. The Hall–Kier alpha value is -1.34. The van der Waals surface area contributed by atoms with Crippen LogP contribution in [0.4, 0.5) is 11.4 Å². The van der Waals surface area contributed by atoms with Crippen LogP contribution in [0.1, 0.15) is 6.42 Å². The van der Waals surface area contributed by atoms with Gasteiger partial charge in [0.05, 0.1) is 30.0 Å². The predicted molar refractivity (Wildman–Crippen MR) is 69.7 cm³/mol. The highest BCUT2D eigenvalue weighted by atomic mass is 32.2. The van der Waals surface area contributed by atoms with Gasteiger partial charge in [0.15, 0.2) is 0 Å². The summed E-state index contributed by atoms with van der Waals surface area (Å²) in [7, 11) is -1.25. The van der Waals surface area contributed by atoms with Gasteiger partial charge in [-0.25, -0.2) is 13.1 Å². The molecule has 1 aromatic heterocycles. The van der Waals surface area contributed by atoms with Crippen LogP contribution in [0, 0.1) is 0 Å². The topological polar surface area (TPSA) is 83.1 Å². The molecule has 0 aliphatic rings. The Morgan fingerprint density at radius 1 is 1.24 bits per heavy atom. The second-order valence-corrected chi connectivity index (χ2v) is 5.49. The molecule has 3 N–H and O–H groups in total. The maximum atomic E-state index is 10.8. The molecule has 0 aliphatic carbocycles. The van der Waals surface area contributed by atoms with Gasteiger partial charge in [0.2, 0.25) is 10.0 Å². The number of sulfonamides is 1. The van der Waals surface area contributed by atoms with Gasteiger partial charge in [-0.15, -0.1) is 0 Å². The Kier molecular flexibility index (Phi) is 5.17. The fourth-order valence-corrected chi connectivity index (χ4v) is 1.77. The number of hydrogen-bond donors (Lipinski definition) is 3. The maximum absolute atomic E-state index is 10.8. The fraction of sp³-hybridized carbons (Fsp3) is 0.500. The lowest BCUT2D eigenvalue weighted by atomic mass is 10.3. The van der Waals surface area contributed by atoms with Crippen LogP contribution in [-0.4, -0.2) is 39.8 Å². The van der Waals surface area contributed by atoms with E-state index >= 15 is 0 Å². The Bertz CT molecular complexity index is 447. The van der Waals surface area contributed by atoms with Crippen molar-refractivity contribution in [2.24, 2.45) is 0 Å². The zero-order chi connectivity index (χ0) is 12.7. The molecule has 17 heavy (non-hydrogen) atoms. The van der Waals surface area contributed by atoms with Crippen molar-refractivity contribution >= 4 is 21.4 Å². The van der Waals surface area contributed by atoms with Crippen molar-refractivity contribution in [3.8, 4) is 0 Å². The van der Waals surface area contributed by atoms with Crippen molar-refractivity contribution in [3.05, 3.63) is 18.5 Å². The molecule has 0 fully saturated rings. The summed E-state index contributed by atoms with van der Waals surface area (Å²) in [6.07, 6.45) is 5.33. The molecule has 6 nitrogen and oxygen atoms in total. The summed E-state index contributed by atoms with van der Waals surface area (Å²) < 4.78 is 24.0. The van der Waals surface area contributed by atoms with E-state index in [0.29, 0.717) is 13.1 Å². The molecule has 0 unspecified atom stereocenters. The third-order valence-electron chi connectivity index (χ3n) is 2.07. The number of hydrogen-bond acceptors (Lipinski definition) is 5. The number of rotatable bonds is 7. The minimum absolute atomic E-state index is 0.435. The van der Waals surface area contributed by atoms with E-state index in [2.05, 4.69) is 20.3 Å². The Morgan fingerprint density at radius 3 is 2.59 bits per heavy atom. The van der Waals surface area contributed by atoms with Gasteiger partial charge in [-0.05, 0) is 12.5 Å². The lowest BCUT2D eigenvalue weighted by molar-refractivity contribution is 0.586. The van der Waals surface area contributed by atoms with Crippen LogP contribution >= 0.6 is 0 Å². The van der Waals surface area contributed by atoms with Crippen LogP contribution in [-0.2, 0) is 10.0 Å². The number of anilines is 2. The largest absolute Gasteiger partial charge is 0.387 e. The van der Waals surface area contributed by atoms with Crippen LogP contribution in [0.15, 0.2) is 18.5 Å². The molecule has 0 aromatic carbocycles. The zero-order valence-electron chi connectivity index (χ0n) is 10.0. The number of pyridine rings is 1. The molecular formula is C10H18N4O2S. The SMILES string of the molecule is CNc1cncc(NCCCNS(C)(=O)=O)c1. The van der Waals surface area contributed by atoms with E-state index in [1.165, 1.54) is 0 Å². The van der Waals surface area contributed by atoms with Crippen molar-refractivity contribution in [2.45, 2.75) is 6.42 Å². The predicted octanol–water partition coefficient (Wildman–Crippen LogP) is 0.474. The summed E-state index contributed by atoms with van der Waals surface area (Å²) >= 11 is 0. The molecule has 1 aromatic rings. The minimum atomic E-state index is -3.08. The monoisotopic (exact) mass is 258 g/mol. The summed E-state index contributed by atoms with van der Waals surface area (Å²) in [4.78, 5) is 4.06. The van der Waals surface area contributed by atoms with Crippen molar-refractivity contribution in [2.75, 3.05) is 37.0 Å². The third-order valence-corrected chi connectivity index (χ3v) is 2.80. The van der Waals surface area contributed by atoms with Gasteiger partial charge in [-0.3, -0.25) is 4.98 Å². The van der Waals surface area contributed by atoms with Crippen LogP contribution in [0.25, 0.3) is 0 Å². The first kappa shape index (κ1) is 13.7. The number of aromatic nitrogens is 1. The van der Waals surface area contributed by atoms with E-state index in [1.807, 2.05) is 13.1 Å². The Balaban J connectivity index is 2.26. The molecule has 0 radical (unpaired) electrons. The molecule has 1 rings (SSSR count). The van der Waals surface area contributed by atoms with Crippen molar-refractivity contribution in [1.82, 2.24) is 9.71 Å². The van der Waals surface area contributed by atoms with Crippen LogP contribution in [0.3, 0.4) is 0 Å². The van der Waals surface area contributed by atoms with Gasteiger partial charge in [-0.2, -0.15) is 0 Å². The van der Waals surface area contributed by atoms with Gasteiger partial charge in [0, 0.05) is 20.1 Å². The Labute approximate surface area is 102 Å². The van der Waals surface area contributed by atoms with E-state index < -0.39 is 10.0 Å². The van der Waals surface area contributed by atoms with Crippen molar-refractivity contribution < 1.29 is 8.42 Å². The molecule has 7 heteroatoms. The first-order valence-electron chi connectivity index (χ1n) is 5.32. The van der Waals surface area contributed by atoms with Gasteiger partial charge < -0.3 is 10.6 Å². The number of nitrogens with one attached hydrogen (secondary N) is 3. The highest BCUT2D eigenvalue weighted by Gasteiger charge is 1.99. The van der Waals surface area contributed by atoms with E-state index in [0.717, 1.165) is 24.1 Å². The Morgan fingerprint density at radius 2 is 1.94 bits per heavy atom. The van der Waals surface area contributed by atoms with E-state index in [9.17, 15) is 8.42 Å². The van der Waals surface area contributed by atoms with E-state index in [1.54, 1.807) is 12.4 Å². The van der Waals surface area contributed by atoms with Gasteiger partial charge in [0.25, 0.3) is 0 Å². The van der Waals surface area contributed by atoms with Crippen molar-refractivity contribution in [3.63, 3.8) is 0 Å². The summed E-state index contributed by atoms with van der Waals surface area (Å²) in [5.41, 5.74) is 1.85. The molecule has 0 bridgehead atoms. The zero-order valence-corrected chi connectivity index (χ0v) is 10.8. The minimum Gasteiger partial charge on any atom is -0.387 e. The fourth-order valence-electron chi connectivity index (χ4n) is 1.25. The first-order chi connectivity index (χ1) is 8.01. The molecule has 0 spiro atoms. The molecule has 0 saturated carbocycles. The highest BCUT2D eigenvalue weighted by Crippen LogP contribution is 2.11. The average Bonchev–Trinajstić information content (AvgIpc) is 2.27. The van der Waals surface area contributed by atoms with Crippen molar-refractivity contribution in [1.29, 1.82) is 0 Å². The van der Waals surface area contributed by atoms with Crippen LogP contribution < -0.4 is 15.4 Å². The van der Waals surface area contributed by atoms with Gasteiger partial charge >= 0.3 is 0 Å². The second kappa shape index (κ2) is 6.41. The third kappa shape index (κ3) is 6.08. The lowest BCUT2D eigenvalue weighted by Gasteiger charge is -2.07. The molecule has 1 heterocycles. The summed E-state index contributed by atoms with van der Waals surface area (Å²) in [5, 5.41) is 6.16. The molecule has 96 valence electrons. The average molecular weight is 258 g/mol. The molecule has 0 saturated heterocycles. The smallest absolute Gasteiger partial charge is 0.208 e. The summed E-state index contributed by atoms with van der Waals surface area (Å²) in [6.45, 7) is 1.13. The maximum Gasteiger partial charge on any atom is 0.208 e. The quantitative estimate of drug-likeness (QED) is 0.619. The molecule has 0 aliphatic heterocycles. The molecule has 0 atom stereocenters. The number of nitrogens with zero attached hydrogens (tertiary/aromatic N) is 1. The normalized spacial score (nSPS) is 11.2. The van der Waals surface area contributed by atoms with Crippen LogP contribution in [0.5, 0.6) is 0 Å². The van der Waals surface area contributed by atoms with E-state index in [4.69, 9.17) is 0 Å². The lowest BCUT2D eigenvalue weighted by Crippen LogP contribution is -2.24. The highest BCUT2D eigenvalue weighted by molar-refractivity contribution is 7.88. The second-order valence-electron chi connectivity index (χ2n) is 3.66.